The average molecular weight is 1670 g/mol. The standard InChI is InChI=1S/C14H11N.C13H11N.2C11H17N.2C10H13N.4C10H15N.C2H6.C2H4.CH4/c1-2-7-13-11(5-1)12-6-3-4-10-8-9-15(13)14(10)12;1-14-12-8-4-2-6-10(12)11-7-3-5-9-13(11)14;2*1-4-9-12(3)11-8-6-5-7-10(11)2;2*1-8-4-3-5-9-6-7-11(2)10(8)9;4*1-4-11(3)10-8-6-5-7-9(10)2;2*1-2;/h1-7H,8-9H2;2-9H,1H3;2*5-8H,4,9H2,1-3H3;2*3-5H,6-7H2,1-2H3;4*5-8H,4H2,1-3H3;1-2H3;1-2H2;1H4. The van der Waals surface area contributed by atoms with Crippen LogP contribution in [0.15, 0.2) is 286 Å². The Labute approximate surface area is 752 Å². The molecule has 17 rings (SSSR count). The van der Waals surface area contributed by atoms with Crippen molar-refractivity contribution >= 4 is 89.1 Å². The number of likely N-dealkylation sites (N-methyl/N-ethyl adjacent to an activating group) is 2. The van der Waals surface area contributed by atoms with Gasteiger partial charge < -0.3 is 48.3 Å². The Kier molecular flexibility index (Phi) is 44.9. The topological polar surface area (TPSA) is 35.8 Å². The van der Waals surface area contributed by atoms with Crippen LogP contribution in [0.5, 0.6) is 0 Å². The molecule has 0 spiro atoms. The van der Waals surface area contributed by atoms with Crippen LogP contribution in [0.1, 0.15) is 137 Å². The number of rotatable bonds is 14. The van der Waals surface area contributed by atoms with Gasteiger partial charge in [-0.2, -0.15) is 0 Å². The van der Waals surface area contributed by atoms with E-state index in [0.29, 0.717) is 0 Å². The predicted molar refractivity (Wildman–Crippen MR) is 559 cm³/mol. The summed E-state index contributed by atoms with van der Waals surface area (Å²) >= 11 is 0. The molecule has 2 aromatic heterocycles. The van der Waals surface area contributed by atoms with E-state index in [0.717, 1.165) is 45.8 Å². The number of benzene rings is 12. The van der Waals surface area contributed by atoms with Crippen LogP contribution in [-0.4, -0.2) is 118 Å². The van der Waals surface area contributed by atoms with E-state index in [1.54, 1.807) is 0 Å². The molecule has 124 heavy (non-hydrogen) atoms. The Hall–Kier alpha value is -11.6. The largest absolute Gasteiger partial charge is 0.375 e. The molecule has 10 nitrogen and oxygen atoms in total. The van der Waals surface area contributed by atoms with Crippen molar-refractivity contribution in [3.63, 3.8) is 0 Å². The molecule has 0 radical (unpaired) electrons. The van der Waals surface area contributed by atoms with E-state index in [9.17, 15) is 0 Å². The summed E-state index contributed by atoms with van der Waals surface area (Å²) in [5.41, 5.74) is 31.8. The molecular formula is C114H156N10. The van der Waals surface area contributed by atoms with Crippen molar-refractivity contribution in [1.82, 2.24) is 9.13 Å². The number of hydrogen-bond donors (Lipinski definition) is 0. The van der Waals surface area contributed by atoms with Gasteiger partial charge in [-0.05, 0) is 231 Å². The van der Waals surface area contributed by atoms with Gasteiger partial charge in [-0.1, -0.05) is 254 Å². The Morgan fingerprint density at radius 3 is 0.790 bits per heavy atom. The molecule has 5 heterocycles. The van der Waals surface area contributed by atoms with E-state index in [1.165, 1.54) is 196 Å². The van der Waals surface area contributed by atoms with Gasteiger partial charge in [-0.3, -0.25) is 0 Å². The van der Waals surface area contributed by atoms with E-state index < -0.39 is 0 Å². The Bertz CT molecular complexity index is 5040. The Morgan fingerprint density at radius 1 is 0.266 bits per heavy atom. The second-order valence-corrected chi connectivity index (χ2v) is 32.0. The Morgan fingerprint density at radius 2 is 0.500 bits per heavy atom. The third kappa shape index (κ3) is 28.7. The molecule has 0 unspecified atom stereocenters. The molecule has 0 fully saturated rings. The minimum Gasteiger partial charge on any atom is -0.375 e. The van der Waals surface area contributed by atoms with E-state index in [4.69, 9.17) is 0 Å². The van der Waals surface area contributed by atoms with Gasteiger partial charge in [-0.25, -0.2) is 0 Å². The number of aromatic nitrogens is 2. The van der Waals surface area contributed by atoms with Crippen molar-refractivity contribution in [1.29, 1.82) is 0 Å². The van der Waals surface area contributed by atoms with Crippen LogP contribution >= 0.6 is 0 Å². The summed E-state index contributed by atoms with van der Waals surface area (Å²) < 4.78 is 4.70. The molecule has 14 aromatic rings. The van der Waals surface area contributed by atoms with Gasteiger partial charge in [0.1, 0.15) is 0 Å². The highest BCUT2D eigenvalue weighted by molar-refractivity contribution is 6.10. The molecule has 3 aliphatic rings. The third-order valence-electron chi connectivity index (χ3n) is 23.3. The van der Waals surface area contributed by atoms with Crippen LogP contribution in [0.2, 0.25) is 0 Å². The minimum absolute atomic E-state index is 0. The maximum atomic E-state index is 3.00. The quantitative estimate of drug-likeness (QED) is 0.0997. The monoisotopic (exact) mass is 1670 g/mol. The molecule has 0 amide bonds. The smallest absolute Gasteiger partial charge is 0.0524 e. The van der Waals surface area contributed by atoms with Crippen molar-refractivity contribution in [3.05, 3.63) is 347 Å². The highest BCUT2D eigenvalue weighted by Crippen LogP contribution is 2.36. The molecule has 12 aromatic carbocycles. The summed E-state index contributed by atoms with van der Waals surface area (Å²) in [6, 6.07) is 96.3. The molecular weight excluding hydrogens is 1510 g/mol. The zero-order chi connectivity index (χ0) is 90.1. The maximum absolute atomic E-state index is 3.00. The second kappa shape index (κ2) is 54.1. The summed E-state index contributed by atoms with van der Waals surface area (Å²) in [6.07, 6.45) is 6.02. The van der Waals surface area contributed by atoms with Crippen molar-refractivity contribution in [3.8, 4) is 0 Å². The molecule has 662 valence electrons. The van der Waals surface area contributed by atoms with Crippen LogP contribution in [0.3, 0.4) is 0 Å². The van der Waals surface area contributed by atoms with Gasteiger partial charge in [-0.15, -0.1) is 13.2 Å². The number of fused-ring (bicyclic) bond motifs is 8. The van der Waals surface area contributed by atoms with Crippen molar-refractivity contribution in [2.45, 2.75) is 157 Å². The highest BCUT2D eigenvalue weighted by Gasteiger charge is 2.20. The van der Waals surface area contributed by atoms with E-state index >= 15 is 0 Å². The highest BCUT2D eigenvalue weighted by atomic mass is 15.1. The van der Waals surface area contributed by atoms with Gasteiger partial charge in [0, 0.05) is 206 Å². The molecule has 0 aliphatic carbocycles. The lowest BCUT2D eigenvalue weighted by Crippen LogP contribution is -2.18. The van der Waals surface area contributed by atoms with Gasteiger partial charge in [0.25, 0.3) is 0 Å². The normalized spacial score (nSPS) is 11.1. The predicted octanol–water partition coefficient (Wildman–Crippen LogP) is 28.6. The fraction of sp³-hybridized carbons (Fsp3) is 0.351. The SMILES string of the molecule is C.C=C.CC.CCCN(C)c1ccccc1C.CCCN(C)c1ccccc1C.CCN(C)c1ccccc1C.CCN(C)c1ccccc1C.CCN(C)c1ccccc1C.CCN(C)c1ccccc1C.Cc1cccc2c1N(C)CC2.Cc1cccc2c1N(C)CC2.Cn1c2ccccc2c2ccccc21.c1ccc2c(c1)c1cccc3c1n2CC3. The van der Waals surface area contributed by atoms with Gasteiger partial charge in [0.05, 0.1) is 5.52 Å². The lowest BCUT2D eigenvalue weighted by molar-refractivity contribution is 0.796. The summed E-state index contributed by atoms with van der Waals surface area (Å²) in [6.45, 7) is 50.3. The van der Waals surface area contributed by atoms with Crippen molar-refractivity contribution in [2.24, 2.45) is 7.05 Å². The first kappa shape index (κ1) is 103. The van der Waals surface area contributed by atoms with Crippen LogP contribution in [0, 0.1) is 55.4 Å². The summed E-state index contributed by atoms with van der Waals surface area (Å²) in [5, 5.41) is 5.49. The lowest BCUT2D eigenvalue weighted by Gasteiger charge is -2.20. The molecule has 3 aliphatic heterocycles. The van der Waals surface area contributed by atoms with Gasteiger partial charge in [0.15, 0.2) is 0 Å². The van der Waals surface area contributed by atoms with Crippen LogP contribution < -0.4 is 39.2 Å². The zero-order valence-electron chi connectivity index (χ0n) is 80.3. The molecule has 10 heteroatoms. The van der Waals surface area contributed by atoms with E-state index in [1.807, 2.05) is 13.8 Å². The van der Waals surface area contributed by atoms with E-state index in [-0.39, 0.29) is 7.43 Å². The second-order valence-electron chi connectivity index (χ2n) is 32.0. The van der Waals surface area contributed by atoms with Crippen LogP contribution in [-0.2, 0) is 32.9 Å². The summed E-state index contributed by atoms with van der Waals surface area (Å²) in [4.78, 5) is 18.3. The van der Waals surface area contributed by atoms with Gasteiger partial charge >= 0.3 is 0 Å². The van der Waals surface area contributed by atoms with Crippen LogP contribution in [0.25, 0.3) is 43.6 Å². The minimum atomic E-state index is 0. The zero-order valence-corrected chi connectivity index (χ0v) is 80.3. The number of para-hydroxylation sites is 12. The molecule has 0 N–H and O–H groups in total. The third-order valence-corrected chi connectivity index (χ3v) is 23.3. The first-order valence-electron chi connectivity index (χ1n) is 45.0. The fourth-order valence-electron chi connectivity index (χ4n) is 16.2. The van der Waals surface area contributed by atoms with Crippen molar-refractivity contribution < 1.29 is 0 Å². The molecule has 0 saturated heterocycles. The van der Waals surface area contributed by atoms with E-state index in [2.05, 4.69) is 495 Å². The summed E-state index contributed by atoms with van der Waals surface area (Å²) in [5.74, 6) is 0. The number of anilines is 8. The average Bonchev–Trinajstić information content (AvgIpc) is 1.58. The maximum Gasteiger partial charge on any atom is 0.0524 e. The fourth-order valence-corrected chi connectivity index (χ4v) is 16.2. The van der Waals surface area contributed by atoms with Gasteiger partial charge in [0.2, 0.25) is 0 Å². The number of hydrogen-bond acceptors (Lipinski definition) is 8. The first-order valence-corrected chi connectivity index (χ1v) is 45.0. The molecule has 0 bridgehead atoms. The number of nitrogens with zero attached hydrogens (tertiary/aromatic N) is 10. The van der Waals surface area contributed by atoms with Crippen LogP contribution in [0.4, 0.5) is 45.5 Å². The Balaban J connectivity index is 0.000000244. The number of aryl methyl sites for hydroxylation is 11. The molecule has 0 saturated carbocycles. The first-order chi connectivity index (χ1) is 59.4. The van der Waals surface area contributed by atoms with Crippen molar-refractivity contribution in [2.75, 3.05) is 148 Å². The molecule has 0 atom stereocenters. The summed E-state index contributed by atoms with van der Waals surface area (Å²) in [7, 11) is 19.2. The lowest BCUT2D eigenvalue weighted by atomic mass is 10.1.